The van der Waals surface area contributed by atoms with E-state index in [4.69, 9.17) is 0 Å². The molecule has 0 aromatic heterocycles. The summed E-state index contributed by atoms with van der Waals surface area (Å²) < 4.78 is 4.66. The topological polar surface area (TPSA) is 93.5 Å². The first-order chi connectivity index (χ1) is 8.58. The van der Waals surface area contributed by atoms with Crippen LogP contribution < -0.4 is 10.6 Å². The fraction of sp³-hybridized carbons (Fsp3) is 0.364. The van der Waals surface area contributed by atoms with E-state index in [0.717, 1.165) is 0 Å². The number of nitrogens with zero attached hydrogens (tertiary/aromatic N) is 1. The third-order valence-electron chi connectivity index (χ3n) is 2.12. The molecule has 0 spiro atoms. The molecule has 0 aliphatic carbocycles. The van der Waals surface area contributed by atoms with Crippen molar-refractivity contribution in [3.8, 4) is 0 Å². The highest BCUT2D eigenvalue weighted by atomic mass is 16.6. The summed E-state index contributed by atoms with van der Waals surface area (Å²) in [5.41, 5.74) is 0.713. The molecule has 1 aromatic carbocycles. The molecular formula is C11H15N3O4. The molecule has 0 aliphatic heterocycles. The lowest BCUT2D eigenvalue weighted by Gasteiger charge is -2.08. The fourth-order valence-corrected chi connectivity index (χ4v) is 1.43. The molecule has 98 valence electrons. The van der Waals surface area contributed by atoms with Crippen molar-refractivity contribution in [2.75, 3.05) is 30.9 Å². The Balaban J connectivity index is 2.92. The van der Waals surface area contributed by atoms with Gasteiger partial charge < -0.3 is 15.4 Å². The molecule has 1 rings (SSSR count). The smallest absolute Gasteiger partial charge is 0.294 e. The van der Waals surface area contributed by atoms with Gasteiger partial charge in [-0.1, -0.05) is 0 Å². The molecule has 0 heterocycles. The van der Waals surface area contributed by atoms with Crippen LogP contribution >= 0.6 is 0 Å². The number of anilines is 2. The first kappa shape index (κ1) is 13.9. The van der Waals surface area contributed by atoms with Gasteiger partial charge in [-0.3, -0.25) is 14.9 Å². The normalized spacial score (nSPS) is 9.89. The third-order valence-corrected chi connectivity index (χ3v) is 2.12. The number of ether oxygens (including phenoxy) is 1. The first-order valence-electron chi connectivity index (χ1n) is 5.39. The lowest BCUT2D eigenvalue weighted by atomic mass is 10.2. The zero-order valence-electron chi connectivity index (χ0n) is 10.2. The molecule has 0 saturated heterocycles. The molecule has 1 aromatic rings. The van der Waals surface area contributed by atoms with Crippen LogP contribution in [0.2, 0.25) is 0 Å². The Morgan fingerprint density at radius 3 is 2.78 bits per heavy atom. The van der Waals surface area contributed by atoms with E-state index in [1.165, 1.54) is 13.2 Å². The summed E-state index contributed by atoms with van der Waals surface area (Å²) in [6.07, 6.45) is 0. The van der Waals surface area contributed by atoms with Crippen molar-refractivity contribution in [3.05, 3.63) is 28.3 Å². The van der Waals surface area contributed by atoms with Gasteiger partial charge in [0.1, 0.15) is 12.3 Å². The second kappa shape index (κ2) is 6.55. The largest absolute Gasteiger partial charge is 0.380 e. The predicted molar refractivity (Wildman–Crippen MR) is 67.8 cm³/mol. The number of hydrogen-bond acceptors (Lipinski definition) is 5. The van der Waals surface area contributed by atoms with E-state index >= 15 is 0 Å². The van der Waals surface area contributed by atoms with Gasteiger partial charge in [-0.2, -0.15) is 0 Å². The minimum absolute atomic E-state index is 0.0768. The molecule has 18 heavy (non-hydrogen) atoms. The number of rotatable bonds is 6. The zero-order chi connectivity index (χ0) is 13.5. The second-order valence-corrected chi connectivity index (χ2v) is 3.50. The Labute approximate surface area is 104 Å². The summed E-state index contributed by atoms with van der Waals surface area (Å²) in [5, 5.41) is 16.3. The Morgan fingerprint density at radius 1 is 1.50 bits per heavy atom. The number of carbonyl (C=O) groups excluding carboxylic acids is 1. The van der Waals surface area contributed by atoms with Crippen LogP contribution in [-0.2, 0) is 9.53 Å². The van der Waals surface area contributed by atoms with Crippen LogP contribution in [0.1, 0.15) is 6.92 Å². The number of nitro benzene ring substituents is 1. The van der Waals surface area contributed by atoms with Crippen LogP contribution in [0.15, 0.2) is 18.2 Å². The summed E-state index contributed by atoms with van der Waals surface area (Å²) in [6.45, 7) is 2.33. The Kier molecular flexibility index (Phi) is 5.06. The summed E-state index contributed by atoms with van der Waals surface area (Å²) in [5.74, 6) is -0.358. The van der Waals surface area contributed by atoms with E-state index in [1.807, 2.05) is 6.92 Å². The number of methoxy groups -OCH3 is 1. The number of benzene rings is 1. The Hall–Kier alpha value is -2.15. The van der Waals surface area contributed by atoms with E-state index in [9.17, 15) is 14.9 Å². The van der Waals surface area contributed by atoms with Gasteiger partial charge in [0.2, 0.25) is 5.91 Å². The van der Waals surface area contributed by atoms with Crippen molar-refractivity contribution in [2.24, 2.45) is 0 Å². The van der Waals surface area contributed by atoms with Crippen LogP contribution in [-0.4, -0.2) is 31.1 Å². The van der Waals surface area contributed by atoms with Gasteiger partial charge in [-0.05, 0) is 19.1 Å². The van der Waals surface area contributed by atoms with Gasteiger partial charge in [-0.25, -0.2) is 0 Å². The van der Waals surface area contributed by atoms with Crippen molar-refractivity contribution in [3.63, 3.8) is 0 Å². The first-order valence-corrected chi connectivity index (χ1v) is 5.39. The molecule has 0 atom stereocenters. The van der Waals surface area contributed by atoms with Crippen molar-refractivity contribution in [1.82, 2.24) is 0 Å². The van der Waals surface area contributed by atoms with Crippen molar-refractivity contribution in [2.45, 2.75) is 6.92 Å². The summed E-state index contributed by atoms with van der Waals surface area (Å²) >= 11 is 0. The van der Waals surface area contributed by atoms with Gasteiger partial charge in [0.05, 0.1) is 4.92 Å². The van der Waals surface area contributed by atoms with E-state index in [1.54, 1.807) is 12.1 Å². The van der Waals surface area contributed by atoms with Gasteiger partial charge in [0, 0.05) is 25.4 Å². The highest BCUT2D eigenvalue weighted by Crippen LogP contribution is 2.27. The molecule has 0 aliphatic rings. The van der Waals surface area contributed by atoms with Crippen LogP contribution in [0.4, 0.5) is 17.1 Å². The van der Waals surface area contributed by atoms with Crippen molar-refractivity contribution >= 4 is 23.0 Å². The van der Waals surface area contributed by atoms with Gasteiger partial charge in [-0.15, -0.1) is 0 Å². The molecule has 7 heteroatoms. The van der Waals surface area contributed by atoms with E-state index < -0.39 is 4.92 Å². The highest BCUT2D eigenvalue weighted by Gasteiger charge is 2.14. The summed E-state index contributed by atoms with van der Waals surface area (Å²) in [4.78, 5) is 21.7. The van der Waals surface area contributed by atoms with Crippen LogP contribution in [0, 0.1) is 10.1 Å². The monoisotopic (exact) mass is 253 g/mol. The van der Waals surface area contributed by atoms with Gasteiger partial charge >= 0.3 is 0 Å². The standard InChI is InChI=1S/C11H15N3O4/c1-3-12-9-5-4-8(6-10(9)14(16)17)13-11(15)7-18-2/h4-6,12H,3,7H2,1-2H3,(H,13,15). The molecule has 2 N–H and O–H groups in total. The van der Waals surface area contributed by atoms with Crippen LogP contribution in [0.25, 0.3) is 0 Å². The highest BCUT2D eigenvalue weighted by molar-refractivity contribution is 5.92. The maximum absolute atomic E-state index is 11.3. The average molecular weight is 253 g/mol. The lowest BCUT2D eigenvalue weighted by Crippen LogP contribution is -2.17. The molecule has 0 fully saturated rings. The lowest BCUT2D eigenvalue weighted by molar-refractivity contribution is -0.383. The Bertz CT molecular complexity index is 448. The fourth-order valence-electron chi connectivity index (χ4n) is 1.43. The van der Waals surface area contributed by atoms with E-state index in [-0.39, 0.29) is 18.2 Å². The third kappa shape index (κ3) is 3.70. The number of hydrogen-bond donors (Lipinski definition) is 2. The molecule has 0 bridgehead atoms. The number of nitro groups is 1. The van der Waals surface area contributed by atoms with Gasteiger partial charge in [0.15, 0.2) is 0 Å². The quantitative estimate of drug-likeness (QED) is 0.593. The zero-order valence-corrected chi connectivity index (χ0v) is 10.2. The number of amides is 1. The van der Waals surface area contributed by atoms with E-state index in [2.05, 4.69) is 15.4 Å². The number of carbonyl (C=O) groups is 1. The molecule has 0 radical (unpaired) electrons. The van der Waals surface area contributed by atoms with Crippen molar-refractivity contribution < 1.29 is 14.5 Å². The maximum atomic E-state index is 11.3. The summed E-state index contributed by atoms with van der Waals surface area (Å²) in [7, 11) is 1.40. The van der Waals surface area contributed by atoms with E-state index in [0.29, 0.717) is 17.9 Å². The molecular weight excluding hydrogens is 238 g/mol. The molecule has 0 saturated carbocycles. The van der Waals surface area contributed by atoms with Crippen molar-refractivity contribution in [1.29, 1.82) is 0 Å². The second-order valence-electron chi connectivity index (χ2n) is 3.50. The predicted octanol–water partition coefficient (Wildman–Crippen LogP) is 1.61. The average Bonchev–Trinajstić information content (AvgIpc) is 2.31. The minimum Gasteiger partial charge on any atom is -0.380 e. The maximum Gasteiger partial charge on any atom is 0.294 e. The van der Waals surface area contributed by atoms with Crippen LogP contribution in [0.5, 0.6) is 0 Å². The van der Waals surface area contributed by atoms with Crippen LogP contribution in [0.3, 0.4) is 0 Å². The van der Waals surface area contributed by atoms with Gasteiger partial charge in [0.25, 0.3) is 5.69 Å². The number of nitrogens with one attached hydrogen (secondary N) is 2. The molecule has 0 unspecified atom stereocenters. The Morgan fingerprint density at radius 2 is 2.22 bits per heavy atom. The molecule has 1 amide bonds. The minimum atomic E-state index is -0.496. The molecule has 7 nitrogen and oxygen atoms in total. The SMILES string of the molecule is CCNc1ccc(NC(=O)COC)cc1[N+](=O)[O-]. The summed E-state index contributed by atoms with van der Waals surface area (Å²) in [6, 6.07) is 4.47.